The molecule has 152 valence electrons. The highest BCUT2D eigenvalue weighted by Gasteiger charge is 2.37. The average Bonchev–Trinajstić information content (AvgIpc) is 2.67. The van der Waals surface area contributed by atoms with Crippen molar-refractivity contribution >= 4 is 23.6 Å². The van der Waals surface area contributed by atoms with E-state index in [1.165, 1.54) is 4.90 Å². The Labute approximate surface area is 171 Å². The molecule has 3 rings (SSSR count). The zero-order valence-corrected chi connectivity index (χ0v) is 17.5. The third-order valence-electron chi connectivity index (χ3n) is 5.53. The van der Waals surface area contributed by atoms with E-state index in [1.807, 2.05) is 12.1 Å². The van der Waals surface area contributed by atoms with Gasteiger partial charge in [0.05, 0.1) is 18.2 Å². The van der Waals surface area contributed by atoms with Gasteiger partial charge >= 0.3 is 12.0 Å². The van der Waals surface area contributed by atoms with Crippen LogP contribution >= 0.6 is 11.6 Å². The van der Waals surface area contributed by atoms with Crippen molar-refractivity contribution in [2.75, 3.05) is 33.3 Å². The number of nitrogens with zero attached hydrogens (tertiary/aromatic N) is 2. The van der Waals surface area contributed by atoms with Crippen molar-refractivity contribution in [1.29, 1.82) is 0 Å². The first-order valence-electron chi connectivity index (χ1n) is 9.83. The van der Waals surface area contributed by atoms with Gasteiger partial charge in [-0.15, -0.1) is 0 Å². The normalized spacial score (nSPS) is 21.6. The summed E-state index contributed by atoms with van der Waals surface area (Å²) >= 11 is 6.01. The van der Waals surface area contributed by atoms with Gasteiger partial charge in [-0.25, -0.2) is 9.59 Å². The molecule has 0 bridgehead atoms. The third kappa shape index (κ3) is 4.50. The van der Waals surface area contributed by atoms with Gasteiger partial charge in [-0.2, -0.15) is 0 Å². The molecule has 7 heteroatoms. The summed E-state index contributed by atoms with van der Waals surface area (Å²) in [6.07, 6.45) is 2.25. The Balaban J connectivity index is 2.00. The van der Waals surface area contributed by atoms with E-state index in [4.69, 9.17) is 16.3 Å². The molecule has 1 saturated heterocycles. The Morgan fingerprint density at radius 1 is 1.25 bits per heavy atom. The highest BCUT2D eigenvalue weighted by atomic mass is 35.5. The standard InChI is InChI=1S/C21H28ClN3O3/c1-4-28-20(26)18-17(13-25-11-9-14(2)10-12-25)24(3)21(27)23-19(18)15-5-7-16(22)8-6-15/h5-8,14,19H,4,9-13H2,1-3H3,(H,23,27)/t19-/m1/s1. The molecule has 1 aromatic carbocycles. The molecule has 1 fully saturated rings. The molecule has 28 heavy (non-hydrogen) atoms. The van der Waals surface area contributed by atoms with E-state index in [1.54, 1.807) is 26.1 Å². The number of hydrogen-bond acceptors (Lipinski definition) is 4. The minimum atomic E-state index is -0.557. The Hall–Kier alpha value is -2.05. The lowest BCUT2D eigenvalue weighted by Gasteiger charge is -2.38. The highest BCUT2D eigenvalue weighted by Crippen LogP contribution is 2.32. The molecule has 1 atom stereocenters. The predicted molar refractivity (Wildman–Crippen MR) is 109 cm³/mol. The summed E-state index contributed by atoms with van der Waals surface area (Å²) in [6, 6.07) is 6.40. The molecular formula is C21H28ClN3O3. The van der Waals surface area contributed by atoms with Crippen molar-refractivity contribution in [3.63, 3.8) is 0 Å². The summed E-state index contributed by atoms with van der Waals surface area (Å²) in [7, 11) is 1.70. The predicted octanol–water partition coefficient (Wildman–Crippen LogP) is 3.59. The number of nitrogens with one attached hydrogen (secondary N) is 1. The molecule has 1 N–H and O–H groups in total. The van der Waals surface area contributed by atoms with Gasteiger partial charge in [-0.1, -0.05) is 30.7 Å². The van der Waals surface area contributed by atoms with Crippen LogP contribution in [0.2, 0.25) is 5.02 Å². The summed E-state index contributed by atoms with van der Waals surface area (Å²) < 4.78 is 5.36. The number of rotatable bonds is 5. The maximum Gasteiger partial charge on any atom is 0.338 e. The average molecular weight is 406 g/mol. The number of ether oxygens (including phenoxy) is 1. The van der Waals surface area contributed by atoms with E-state index in [0.29, 0.717) is 28.8 Å². The molecule has 0 aliphatic carbocycles. The summed E-state index contributed by atoms with van der Waals surface area (Å²) in [6.45, 7) is 6.80. The van der Waals surface area contributed by atoms with Gasteiger partial charge in [-0.05, 0) is 56.5 Å². The number of hydrogen-bond donors (Lipinski definition) is 1. The van der Waals surface area contributed by atoms with Gasteiger partial charge < -0.3 is 10.1 Å². The van der Waals surface area contributed by atoms with E-state index < -0.39 is 12.0 Å². The number of likely N-dealkylation sites (N-methyl/N-ethyl adjacent to an activating group) is 1. The van der Waals surface area contributed by atoms with Crippen LogP contribution in [0.4, 0.5) is 4.79 Å². The number of benzene rings is 1. The Morgan fingerprint density at radius 3 is 2.50 bits per heavy atom. The number of piperidine rings is 1. The first-order valence-corrected chi connectivity index (χ1v) is 10.2. The molecule has 6 nitrogen and oxygen atoms in total. The molecule has 0 saturated carbocycles. The second kappa shape index (κ2) is 8.97. The number of urea groups is 1. The fourth-order valence-corrected chi connectivity index (χ4v) is 3.86. The van der Waals surface area contributed by atoms with Gasteiger partial charge in [-0.3, -0.25) is 9.80 Å². The van der Waals surface area contributed by atoms with Gasteiger partial charge in [0.25, 0.3) is 0 Å². The number of amides is 2. The zero-order chi connectivity index (χ0) is 20.3. The first kappa shape index (κ1) is 20.7. The lowest BCUT2D eigenvalue weighted by molar-refractivity contribution is -0.139. The maximum absolute atomic E-state index is 12.9. The van der Waals surface area contributed by atoms with Crippen molar-refractivity contribution in [3.8, 4) is 0 Å². The van der Waals surface area contributed by atoms with E-state index in [9.17, 15) is 9.59 Å². The molecule has 0 aromatic heterocycles. The molecule has 0 spiro atoms. The van der Waals surface area contributed by atoms with Gasteiger partial charge in [0.1, 0.15) is 0 Å². The number of carbonyl (C=O) groups excluding carboxylic acids is 2. The van der Waals surface area contributed by atoms with Crippen LogP contribution in [0.5, 0.6) is 0 Å². The third-order valence-corrected chi connectivity index (χ3v) is 5.78. The first-order chi connectivity index (χ1) is 13.4. The number of halogens is 1. The van der Waals surface area contributed by atoms with Crippen LogP contribution in [0.15, 0.2) is 35.5 Å². The van der Waals surface area contributed by atoms with Crippen LogP contribution in [0, 0.1) is 5.92 Å². The summed E-state index contributed by atoms with van der Waals surface area (Å²) in [5, 5.41) is 3.54. The quantitative estimate of drug-likeness (QED) is 0.760. The van der Waals surface area contributed by atoms with Crippen molar-refractivity contribution in [2.24, 2.45) is 5.92 Å². The van der Waals surface area contributed by atoms with E-state index >= 15 is 0 Å². The van der Waals surface area contributed by atoms with Crippen molar-refractivity contribution in [1.82, 2.24) is 15.1 Å². The smallest absolute Gasteiger partial charge is 0.338 e. The van der Waals surface area contributed by atoms with Crippen molar-refractivity contribution < 1.29 is 14.3 Å². The molecule has 0 radical (unpaired) electrons. The fraction of sp³-hybridized carbons (Fsp3) is 0.524. The second-order valence-electron chi connectivity index (χ2n) is 7.53. The molecular weight excluding hydrogens is 378 g/mol. The van der Waals surface area contributed by atoms with Gasteiger partial charge in [0.2, 0.25) is 0 Å². The minimum absolute atomic E-state index is 0.228. The minimum Gasteiger partial charge on any atom is -0.463 e. The van der Waals surface area contributed by atoms with Crippen LogP contribution < -0.4 is 5.32 Å². The largest absolute Gasteiger partial charge is 0.463 e. The van der Waals surface area contributed by atoms with Crippen LogP contribution in [0.25, 0.3) is 0 Å². The zero-order valence-electron chi connectivity index (χ0n) is 16.7. The molecule has 2 amide bonds. The molecule has 1 aromatic rings. The second-order valence-corrected chi connectivity index (χ2v) is 7.97. The summed E-state index contributed by atoms with van der Waals surface area (Å²) in [5.74, 6) is 0.318. The van der Waals surface area contributed by atoms with Crippen molar-refractivity contribution in [3.05, 3.63) is 46.1 Å². The monoisotopic (exact) mass is 405 g/mol. The van der Waals surface area contributed by atoms with Gasteiger partial charge in [0, 0.05) is 24.3 Å². The van der Waals surface area contributed by atoms with Crippen LogP contribution in [-0.4, -0.2) is 55.1 Å². The molecule has 2 aliphatic heterocycles. The van der Waals surface area contributed by atoms with E-state index in [2.05, 4.69) is 17.1 Å². The number of carbonyl (C=O) groups is 2. The molecule has 0 unspecified atom stereocenters. The maximum atomic E-state index is 12.9. The number of likely N-dealkylation sites (tertiary alicyclic amines) is 1. The fourth-order valence-electron chi connectivity index (χ4n) is 3.74. The van der Waals surface area contributed by atoms with Crippen LogP contribution in [0.3, 0.4) is 0 Å². The Bertz CT molecular complexity index is 755. The van der Waals surface area contributed by atoms with E-state index in [0.717, 1.165) is 31.5 Å². The lowest BCUT2D eigenvalue weighted by atomic mass is 9.93. The number of esters is 1. The summed E-state index contributed by atoms with van der Waals surface area (Å²) in [5.41, 5.74) is 2.00. The molecule has 2 heterocycles. The molecule has 2 aliphatic rings. The highest BCUT2D eigenvalue weighted by molar-refractivity contribution is 6.30. The Kier molecular flexibility index (Phi) is 6.62. The van der Waals surface area contributed by atoms with E-state index in [-0.39, 0.29) is 12.6 Å². The van der Waals surface area contributed by atoms with Crippen LogP contribution in [0.1, 0.15) is 38.3 Å². The SMILES string of the molecule is CCOC(=O)C1=C(CN2CCC(C)CC2)N(C)C(=O)N[C@@H]1c1ccc(Cl)cc1. The summed E-state index contributed by atoms with van der Waals surface area (Å²) in [4.78, 5) is 29.4. The van der Waals surface area contributed by atoms with Crippen LogP contribution in [-0.2, 0) is 9.53 Å². The van der Waals surface area contributed by atoms with Gasteiger partial charge in [0.15, 0.2) is 0 Å². The lowest BCUT2D eigenvalue weighted by Crippen LogP contribution is -2.50. The Morgan fingerprint density at radius 2 is 1.89 bits per heavy atom. The topological polar surface area (TPSA) is 61.9 Å². The van der Waals surface area contributed by atoms with Crippen molar-refractivity contribution in [2.45, 2.75) is 32.7 Å².